The Balaban J connectivity index is 1.06. The molecule has 39 heavy (non-hydrogen) atoms. The largest absolute Gasteiger partial charge is 0.349 e. The van der Waals surface area contributed by atoms with E-state index in [1.54, 1.807) is 0 Å². The van der Waals surface area contributed by atoms with Gasteiger partial charge in [-0.15, -0.1) is 0 Å². The van der Waals surface area contributed by atoms with Crippen LogP contribution in [0.2, 0.25) is 0 Å². The first-order chi connectivity index (χ1) is 18.5. The van der Waals surface area contributed by atoms with Crippen molar-refractivity contribution < 1.29 is 43.2 Å². The molecule has 2 spiro atoms. The number of hydrogen-bond acceptors (Lipinski definition) is 9. The summed E-state index contributed by atoms with van der Waals surface area (Å²) in [6, 6.07) is 0. The van der Waals surface area contributed by atoms with Gasteiger partial charge in [0.25, 0.3) is 0 Å². The SMILES string of the molecule is C[C@@H]1CCC2[C@@H](C)[C@@H](OC[C@]3(C)OC4O[C@@]5(C)CCC6[C@@H](C)CCC3[C@]46OO5)OC3O[C@]4(C)CCC1[C@]32OO4. The second-order valence-electron chi connectivity index (χ2n) is 14.9. The van der Waals surface area contributed by atoms with Gasteiger partial charge in [-0.05, 0) is 83.0 Å². The number of ether oxygens (including phenoxy) is 5. The highest BCUT2D eigenvalue weighted by Crippen LogP contribution is 2.64. The summed E-state index contributed by atoms with van der Waals surface area (Å²) in [7, 11) is 0. The highest BCUT2D eigenvalue weighted by Gasteiger charge is 2.74. The van der Waals surface area contributed by atoms with Crippen LogP contribution >= 0.6 is 0 Å². The molecule has 0 aromatic heterocycles. The summed E-state index contributed by atoms with van der Waals surface area (Å²) in [6.45, 7) is 13.4. The van der Waals surface area contributed by atoms with Gasteiger partial charge in [0.15, 0.2) is 30.1 Å². The molecular weight excluding hydrogens is 504 g/mol. The molecule has 8 aliphatic heterocycles. The molecule has 10 aliphatic rings. The average Bonchev–Trinajstić information content (AvgIpc) is 3.10. The Bertz CT molecular complexity index is 1010. The lowest BCUT2D eigenvalue weighted by Gasteiger charge is -2.60. The van der Waals surface area contributed by atoms with Gasteiger partial charge in [-0.1, -0.05) is 20.8 Å². The molecule has 0 amide bonds. The zero-order chi connectivity index (χ0) is 27.0. The highest BCUT2D eigenvalue weighted by molar-refractivity contribution is 5.15. The Morgan fingerprint density at radius 1 is 0.641 bits per heavy atom. The van der Waals surface area contributed by atoms with Gasteiger partial charge in [-0.2, -0.15) is 0 Å². The van der Waals surface area contributed by atoms with Crippen LogP contribution in [0.5, 0.6) is 0 Å². The van der Waals surface area contributed by atoms with E-state index in [4.69, 9.17) is 43.2 Å². The molecule has 15 atom stereocenters. The minimum atomic E-state index is -0.797. The Hall–Kier alpha value is -0.360. The number of fused-ring (bicyclic) bond motifs is 4. The molecule has 8 saturated heterocycles. The molecule has 9 nitrogen and oxygen atoms in total. The van der Waals surface area contributed by atoms with Crippen molar-refractivity contribution in [3.05, 3.63) is 0 Å². The van der Waals surface area contributed by atoms with Gasteiger partial charge in [0.1, 0.15) is 0 Å². The van der Waals surface area contributed by atoms with Crippen LogP contribution in [0.25, 0.3) is 0 Å². The van der Waals surface area contributed by atoms with Crippen molar-refractivity contribution in [2.45, 2.75) is 140 Å². The first kappa shape index (κ1) is 26.3. The molecule has 0 aromatic rings. The van der Waals surface area contributed by atoms with E-state index in [1.165, 1.54) is 6.42 Å². The van der Waals surface area contributed by atoms with E-state index in [0.29, 0.717) is 30.3 Å². The van der Waals surface area contributed by atoms with Gasteiger partial charge >= 0.3 is 0 Å². The smallest absolute Gasteiger partial charge is 0.201 e. The van der Waals surface area contributed by atoms with Crippen LogP contribution in [-0.4, -0.2) is 53.9 Å². The van der Waals surface area contributed by atoms with Crippen LogP contribution < -0.4 is 0 Å². The predicted octanol–water partition coefficient (Wildman–Crippen LogP) is 5.22. The van der Waals surface area contributed by atoms with Gasteiger partial charge in [0, 0.05) is 30.6 Å². The van der Waals surface area contributed by atoms with Crippen molar-refractivity contribution in [3.8, 4) is 0 Å². The molecule has 10 fully saturated rings. The molecule has 2 aliphatic carbocycles. The second-order valence-corrected chi connectivity index (χ2v) is 14.9. The molecule has 10 rings (SSSR count). The average molecular weight is 551 g/mol. The van der Waals surface area contributed by atoms with Crippen LogP contribution in [0.15, 0.2) is 0 Å². The van der Waals surface area contributed by atoms with Crippen molar-refractivity contribution in [3.63, 3.8) is 0 Å². The van der Waals surface area contributed by atoms with Crippen molar-refractivity contribution in [2.24, 2.45) is 41.4 Å². The summed E-state index contributed by atoms with van der Waals surface area (Å²) < 4.78 is 33.3. The molecule has 0 radical (unpaired) electrons. The van der Waals surface area contributed by atoms with Crippen molar-refractivity contribution in [1.29, 1.82) is 0 Å². The third kappa shape index (κ3) is 3.40. The highest BCUT2D eigenvalue weighted by atomic mass is 17.3. The van der Waals surface area contributed by atoms with Crippen molar-refractivity contribution in [1.82, 2.24) is 0 Å². The Labute approximate surface area is 231 Å². The van der Waals surface area contributed by atoms with E-state index >= 15 is 0 Å². The quantitative estimate of drug-likeness (QED) is 0.440. The van der Waals surface area contributed by atoms with Gasteiger partial charge in [-0.25, -0.2) is 19.6 Å². The van der Waals surface area contributed by atoms with Crippen LogP contribution in [0.4, 0.5) is 0 Å². The van der Waals surface area contributed by atoms with Crippen LogP contribution in [0.3, 0.4) is 0 Å². The topological polar surface area (TPSA) is 83.1 Å². The molecule has 220 valence electrons. The third-order valence-corrected chi connectivity index (χ3v) is 12.5. The van der Waals surface area contributed by atoms with E-state index in [0.717, 1.165) is 44.9 Å². The maximum Gasteiger partial charge on any atom is 0.201 e. The summed E-state index contributed by atoms with van der Waals surface area (Å²) in [5.74, 6) is 0.582. The maximum atomic E-state index is 6.81. The van der Waals surface area contributed by atoms with Gasteiger partial charge in [0.2, 0.25) is 11.6 Å². The lowest BCUT2D eigenvalue weighted by atomic mass is 9.58. The summed E-state index contributed by atoms with van der Waals surface area (Å²) in [6.07, 6.45) is 6.55. The number of hydrogen-bond donors (Lipinski definition) is 0. The number of rotatable bonds is 3. The molecule has 0 aromatic carbocycles. The van der Waals surface area contributed by atoms with Gasteiger partial charge in [-0.3, -0.25) is 0 Å². The molecule has 6 unspecified atom stereocenters. The Morgan fingerprint density at radius 2 is 1.26 bits per heavy atom. The van der Waals surface area contributed by atoms with Gasteiger partial charge in [0.05, 0.1) is 12.2 Å². The summed E-state index contributed by atoms with van der Waals surface area (Å²) in [5.41, 5.74) is -1.79. The fourth-order valence-corrected chi connectivity index (χ4v) is 10.3. The Kier molecular flexibility index (Phi) is 5.65. The van der Waals surface area contributed by atoms with E-state index in [2.05, 4.69) is 27.7 Å². The lowest BCUT2D eigenvalue weighted by Crippen LogP contribution is -2.70. The first-order valence-electron chi connectivity index (χ1n) is 15.6. The van der Waals surface area contributed by atoms with E-state index in [-0.39, 0.29) is 17.8 Å². The van der Waals surface area contributed by atoms with E-state index in [1.807, 2.05) is 13.8 Å². The van der Waals surface area contributed by atoms with Crippen LogP contribution in [0.1, 0.15) is 92.9 Å². The van der Waals surface area contributed by atoms with Gasteiger partial charge < -0.3 is 23.7 Å². The minimum absolute atomic E-state index is 0.102. The summed E-state index contributed by atoms with van der Waals surface area (Å²) in [5, 5.41) is 0. The summed E-state index contributed by atoms with van der Waals surface area (Å²) in [4.78, 5) is 24.6. The normalized spacial score (nSPS) is 63.2. The molecule has 8 heterocycles. The van der Waals surface area contributed by atoms with Crippen LogP contribution in [-0.2, 0) is 43.2 Å². The molecule has 4 bridgehead atoms. The fraction of sp³-hybridized carbons (Fsp3) is 1.00. The Morgan fingerprint density at radius 3 is 1.97 bits per heavy atom. The molecule has 2 saturated carbocycles. The van der Waals surface area contributed by atoms with E-state index < -0.39 is 47.2 Å². The second kappa shape index (κ2) is 8.38. The minimum Gasteiger partial charge on any atom is -0.349 e. The molecular formula is C30H46O9. The zero-order valence-corrected chi connectivity index (χ0v) is 24.3. The third-order valence-electron chi connectivity index (χ3n) is 12.5. The monoisotopic (exact) mass is 550 g/mol. The van der Waals surface area contributed by atoms with Crippen molar-refractivity contribution in [2.75, 3.05) is 6.61 Å². The fourth-order valence-electron chi connectivity index (χ4n) is 10.3. The molecule has 0 N–H and O–H groups in total. The standard InChI is InChI=1S/C30H46O9/c1-16-7-9-21-18(3)23(32-24-29(21)19(16)11-13-27(5,34-24)36-38-29)31-15-26(4)22-10-8-17(2)20-12-14-28(6)35-25(33-26)30(20,22)39-37-28/h16-25H,7-15H2,1-6H3/t16-,17+,18-,19?,20?,21?,22?,23+,24?,25?,26+,27+,28-,29-,30+/m1/s1. The lowest BCUT2D eigenvalue weighted by molar-refractivity contribution is -0.577. The summed E-state index contributed by atoms with van der Waals surface area (Å²) >= 11 is 0. The zero-order valence-electron chi connectivity index (χ0n) is 24.3. The first-order valence-corrected chi connectivity index (χ1v) is 15.6. The maximum absolute atomic E-state index is 6.81. The van der Waals surface area contributed by atoms with Crippen LogP contribution in [0, 0.1) is 41.4 Å². The molecule has 9 heteroatoms. The predicted molar refractivity (Wildman–Crippen MR) is 135 cm³/mol. The van der Waals surface area contributed by atoms with E-state index in [9.17, 15) is 0 Å². The van der Waals surface area contributed by atoms with Crippen molar-refractivity contribution >= 4 is 0 Å².